The zero-order valence-electron chi connectivity index (χ0n) is 16.4. The van der Waals surface area contributed by atoms with Gasteiger partial charge in [0.05, 0.1) is 12.8 Å². The number of nitrogens with zero attached hydrogens (tertiary/aromatic N) is 1. The molecule has 0 bridgehead atoms. The van der Waals surface area contributed by atoms with Crippen molar-refractivity contribution in [3.05, 3.63) is 54.1 Å². The third-order valence-electron chi connectivity index (χ3n) is 5.00. The van der Waals surface area contributed by atoms with Gasteiger partial charge in [-0.2, -0.15) is 0 Å². The third kappa shape index (κ3) is 5.25. The van der Waals surface area contributed by atoms with Crippen molar-refractivity contribution in [1.29, 1.82) is 0 Å². The molecule has 0 unspecified atom stereocenters. The average molecular weight is 439 g/mol. The molecule has 0 spiro atoms. The van der Waals surface area contributed by atoms with Crippen LogP contribution >= 0.6 is 0 Å². The van der Waals surface area contributed by atoms with Gasteiger partial charge in [0.15, 0.2) is 0 Å². The van der Waals surface area contributed by atoms with E-state index in [0.29, 0.717) is 43.4 Å². The molecule has 0 aliphatic carbocycles. The van der Waals surface area contributed by atoms with E-state index < -0.39 is 26.6 Å². The summed E-state index contributed by atoms with van der Waals surface area (Å²) in [5.41, 5.74) is 0.571. The van der Waals surface area contributed by atoms with Gasteiger partial charge in [-0.25, -0.2) is 26.7 Å². The molecule has 7 nitrogen and oxygen atoms in total. The number of anilines is 1. The lowest BCUT2D eigenvalue weighted by atomic mass is 9.97. The molecule has 2 amide bonds. The Morgan fingerprint density at radius 1 is 1.17 bits per heavy atom. The highest BCUT2D eigenvalue weighted by Gasteiger charge is 2.26. The fourth-order valence-electron chi connectivity index (χ4n) is 3.28. The number of piperidine rings is 1. The molecule has 1 heterocycles. The Bertz CT molecular complexity index is 1010. The average Bonchev–Trinajstić information content (AvgIpc) is 2.73. The first kappa shape index (κ1) is 22.0. The van der Waals surface area contributed by atoms with E-state index in [2.05, 4.69) is 10.0 Å². The van der Waals surface area contributed by atoms with Gasteiger partial charge in [0.25, 0.3) is 0 Å². The lowest BCUT2D eigenvalue weighted by molar-refractivity contribution is 0.183. The topological polar surface area (TPSA) is 87.7 Å². The van der Waals surface area contributed by atoms with Gasteiger partial charge < -0.3 is 15.0 Å². The fraction of sp³-hybridized carbons (Fsp3) is 0.350. The molecule has 10 heteroatoms. The Labute approximate surface area is 174 Å². The number of hydrogen-bond donors (Lipinski definition) is 2. The number of sulfonamides is 1. The Balaban J connectivity index is 1.51. The number of halogens is 2. The lowest BCUT2D eigenvalue weighted by Crippen LogP contribution is -2.43. The maximum atomic E-state index is 13.8. The first-order valence-corrected chi connectivity index (χ1v) is 10.9. The number of carbonyl (C=O) groups is 1. The van der Waals surface area contributed by atoms with Crippen molar-refractivity contribution in [1.82, 2.24) is 9.62 Å². The molecule has 3 rings (SSSR count). The molecular weight excluding hydrogens is 416 g/mol. The Kier molecular flexibility index (Phi) is 6.88. The number of benzene rings is 2. The molecule has 1 saturated heterocycles. The monoisotopic (exact) mass is 439 g/mol. The maximum absolute atomic E-state index is 13.8. The van der Waals surface area contributed by atoms with Crippen molar-refractivity contribution >= 4 is 21.7 Å². The van der Waals surface area contributed by atoms with Crippen LogP contribution in [-0.2, 0) is 10.0 Å². The smallest absolute Gasteiger partial charge is 0.321 e. The number of urea groups is 1. The van der Waals surface area contributed by atoms with E-state index in [9.17, 15) is 22.0 Å². The zero-order chi connectivity index (χ0) is 21.7. The number of amides is 2. The Morgan fingerprint density at radius 3 is 2.53 bits per heavy atom. The summed E-state index contributed by atoms with van der Waals surface area (Å²) < 4.78 is 58.9. The second-order valence-electron chi connectivity index (χ2n) is 6.99. The van der Waals surface area contributed by atoms with Crippen LogP contribution in [0, 0.1) is 17.6 Å². The van der Waals surface area contributed by atoms with Crippen LogP contribution in [0.5, 0.6) is 5.75 Å². The number of para-hydroxylation sites is 2. The summed E-state index contributed by atoms with van der Waals surface area (Å²) in [7, 11) is -2.56. The number of methoxy groups -OCH3 is 1. The molecule has 1 aliphatic rings. The fourth-order valence-corrected chi connectivity index (χ4v) is 4.45. The first-order valence-electron chi connectivity index (χ1n) is 9.44. The highest BCUT2D eigenvalue weighted by atomic mass is 32.2. The standard InChI is InChI=1S/C20H23F2N3O4S/c1-29-18-5-3-2-4-17(18)24-20(26)25-10-8-14(9-11-25)13-23-30(27,28)19-7-6-15(21)12-16(19)22/h2-7,12,14,23H,8-11,13H2,1H3,(H,24,26). The highest BCUT2D eigenvalue weighted by Crippen LogP contribution is 2.25. The molecule has 0 radical (unpaired) electrons. The molecular formula is C20H23F2N3O4S. The van der Waals surface area contributed by atoms with E-state index in [1.165, 1.54) is 7.11 Å². The summed E-state index contributed by atoms with van der Waals surface area (Å²) in [5.74, 6) is -1.42. The number of hydrogen-bond acceptors (Lipinski definition) is 4. The summed E-state index contributed by atoms with van der Waals surface area (Å²) in [6, 6.07) is 9.16. The van der Waals surface area contributed by atoms with Crippen LogP contribution in [0.15, 0.2) is 47.4 Å². The minimum absolute atomic E-state index is 0.00130. The van der Waals surface area contributed by atoms with Gasteiger partial charge in [-0.1, -0.05) is 12.1 Å². The number of carbonyl (C=O) groups excluding carboxylic acids is 1. The Morgan fingerprint density at radius 2 is 1.87 bits per heavy atom. The minimum atomic E-state index is -4.08. The van der Waals surface area contributed by atoms with Crippen molar-refractivity contribution in [3.63, 3.8) is 0 Å². The lowest BCUT2D eigenvalue weighted by Gasteiger charge is -2.32. The van der Waals surface area contributed by atoms with Gasteiger partial charge in [-0.15, -0.1) is 0 Å². The summed E-state index contributed by atoms with van der Waals surface area (Å²) >= 11 is 0. The Hall–Kier alpha value is -2.72. The van der Waals surface area contributed by atoms with E-state index in [-0.39, 0.29) is 18.5 Å². The minimum Gasteiger partial charge on any atom is -0.495 e. The molecule has 0 aromatic heterocycles. The third-order valence-corrected chi connectivity index (χ3v) is 6.45. The van der Waals surface area contributed by atoms with E-state index in [1.54, 1.807) is 29.2 Å². The molecule has 1 aliphatic heterocycles. The van der Waals surface area contributed by atoms with Crippen molar-refractivity contribution in [3.8, 4) is 5.75 Å². The molecule has 2 aromatic carbocycles. The summed E-state index contributed by atoms with van der Waals surface area (Å²) in [6.07, 6.45) is 1.18. The first-order chi connectivity index (χ1) is 14.3. The number of nitrogens with one attached hydrogen (secondary N) is 2. The van der Waals surface area contributed by atoms with Gasteiger partial charge >= 0.3 is 6.03 Å². The van der Waals surface area contributed by atoms with Crippen LogP contribution in [0.2, 0.25) is 0 Å². The van der Waals surface area contributed by atoms with Crippen LogP contribution in [0.4, 0.5) is 19.3 Å². The van der Waals surface area contributed by atoms with Crippen molar-refractivity contribution < 1.29 is 26.7 Å². The predicted molar refractivity (Wildman–Crippen MR) is 108 cm³/mol. The van der Waals surface area contributed by atoms with E-state index in [0.717, 1.165) is 12.1 Å². The van der Waals surface area contributed by atoms with Crippen LogP contribution in [0.3, 0.4) is 0 Å². The number of likely N-dealkylation sites (tertiary alicyclic amines) is 1. The zero-order valence-corrected chi connectivity index (χ0v) is 17.2. The van der Waals surface area contributed by atoms with Gasteiger partial charge in [-0.05, 0) is 43.0 Å². The van der Waals surface area contributed by atoms with Crippen molar-refractivity contribution in [2.24, 2.45) is 5.92 Å². The molecule has 2 N–H and O–H groups in total. The van der Waals surface area contributed by atoms with Gasteiger partial charge in [0, 0.05) is 25.7 Å². The van der Waals surface area contributed by atoms with Crippen LogP contribution < -0.4 is 14.8 Å². The van der Waals surface area contributed by atoms with Gasteiger partial charge in [0.2, 0.25) is 10.0 Å². The number of rotatable bonds is 6. The largest absolute Gasteiger partial charge is 0.495 e. The van der Waals surface area contributed by atoms with Crippen molar-refractivity contribution in [2.45, 2.75) is 17.7 Å². The summed E-state index contributed by atoms with van der Waals surface area (Å²) in [4.78, 5) is 13.5. The molecule has 0 atom stereocenters. The second kappa shape index (κ2) is 9.40. The summed E-state index contributed by atoms with van der Waals surface area (Å²) in [5, 5.41) is 2.81. The van der Waals surface area contributed by atoms with Crippen LogP contribution in [0.25, 0.3) is 0 Å². The normalized spacial score (nSPS) is 15.1. The molecule has 2 aromatic rings. The van der Waals surface area contributed by atoms with Crippen LogP contribution in [-0.4, -0.2) is 46.1 Å². The molecule has 0 saturated carbocycles. The van der Waals surface area contributed by atoms with Crippen molar-refractivity contribution in [2.75, 3.05) is 32.1 Å². The van der Waals surface area contributed by atoms with E-state index in [1.807, 2.05) is 0 Å². The quantitative estimate of drug-likeness (QED) is 0.724. The van der Waals surface area contributed by atoms with Gasteiger partial charge in [0.1, 0.15) is 22.3 Å². The van der Waals surface area contributed by atoms with Gasteiger partial charge in [-0.3, -0.25) is 0 Å². The molecule has 1 fully saturated rings. The molecule has 162 valence electrons. The highest BCUT2D eigenvalue weighted by molar-refractivity contribution is 7.89. The van der Waals surface area contributed by atoms with Crippen LogP contribution in [0.1, 0.15) is 12.8 Å². The second-order valence-corrected chi connectivity index (χ2v) is 8.72. The number of ether oxygens (including phenoxy) is 1. The summed E-state index contributed by atoms with van der Waals surface area (Å²) in [6.45, 7) is 1.03. The van der Waals surface area contributed by atoms with E-state index in [4.69, 9.17) is 4.74 Å². The SMILES string of the molecule is COc1ccccc1NC(=O)N1CCC(CNS(=O)(=O)c2ccc(F)cc2F)CC1. The predicted octanol–water partition coefficient (Wildman–Crippen LogP) is 3.20. The maximum Gasteiger partial charge on any atom is 0.321 e. The van der Waals surface area contributed by atoms with E-state index >= 15 is 0 Å². The molecule has 30 heavy (non-hydrogen) atoms.